The highest BCUT2D eigenvalue weighted by Crippen LogP contribution is 2.29. The minimum Gasteiger partial charge on any atom is -0.457 e. The third kappa shape index (κ3) is 9.01. The van der Waals surface area contributed by atoms with Crippen molar-refractivity contribution in [2.45, 2.75) is 22.5 Å². The zero-order valence-corrected chi connectivity index (χ0v) is 25.7. The van der Waals surface area contributed by atoms with Gasteiger partial charge in [-0.25, -0.2) is 0 Å². The summed E-state index contributed by atoms with van der Waals surface area (Å²) < 4.78 is 13.4. The molecule has 0 aliphatic heterocycles. The van der Waals surface area contributed by atoms with Crippen LogP contribution in [-0.4, -0.2) is 43.7 Å². The Morgan fingerprint density at radius 2 is 0.929 bits per heavy atom. The van der Waals surface area contributed by atoms with E-state index in [0.717, 1.165) is 18.7 Å². The molecule has 42 heavy (non-hydrogen) atoms. The maximum atomic E-state index is 12.2. The van der Waals surface area contributed by atoms with Crippen LogP contribution in [0.25, 0.3) is 0 Å². The molecule has 2 heterocycles. The van der Waals surface area contributed by atoms with Crippen molar-refractivity contribution >= 4 is 69.4 Å². The zero-order chi connectivity index (χ0) is 29.3. The number of amides is 2. The highest BCUT2D eigenvalue weighted by molar-refractivity contribution is 8.01. The van der Waals surface area contributed by atoms with Gasteiger partial charge in [0, 0.05) is 11.4 Å². The van der Waals surface area contributed by atoms with Crippen LogP contribution in [0.3, 0.4) is 0 Å². The van der Waals surface area contributed by atoms with Gasteiger partial charge in [0.25, 0.3) is 0 Å². The normalized spacial score (nSPS) is 10.7. The number of nitrogens with one attached hydrogen (secondary N) is 2. The van der Waals surface area contributed by atoms with Crippen LogP contribution in [0.4, 0.5) is 11.4 Å². The zero-order valence-electron chi connectivity index (χ0n) is 22.4. The third-order valence-corrected chi connectivity index (χ3v) is 9.18. The van der Waals surface area contributed by atoms with Crippen molar-refractivity contribution in [3.05, 3.63) is 82.8 Å². The molecule has 0 aliphatic rings. The summed E-state index contributed by atoms with van der Waals surface area (Å²) in [5.74, 6) is 2.83. The fraction of sp³-hybridized carbons (Fsp3) is 0.143. The number of thioether (sulfide) groups is 2. The van der Waals surface area contributed by atoms with Crippen LogP contribution < -0.4 is 20.1 Å². The van der Waals surface area contributed by atoms with Crippen LogP contribution in [0.5, 0.6) is 23.0 Å². The Morgan fingerprint density at radius 1 is 0.595 bits per heavy atom. The van der Waals surface area contributed by atoms with Crippen molar-refractivity contribution in [2.24, 2.45) is 0 Å². The molecular formula is C28H24N6O4S4. The number of carbonyl (C=O) groups is 2. The van der Waals surface area contributed by atoms with E-state index in [2.05, 4.69) is 31.0 Å². The average Bonchev–Trinajstić information content (AvgIpc) is 3.61. The largest absolute Gasteiger partial charge is 0.457 e. The molecule has 3 aromatic carbocycles. The van der Waals surface area contributed by atoms with Gasteiger partial charge < -0.3 is 20.1 Å². The van der Waals surface area contributed by atoms with Crippen molar-refractivity contribution in [2.75, 3.05) is 22.1 Å². The Labute approximate surface area is 258 Å². The van der Waals surface area contributed by atoms with Crippen molar-refractivity contribution in [3.63, 3.8) is 0 Å². The number of carbonyl (C=O) groups excluding carboxylic acids is 2. The van der Waals surface area contributed by atoms with Gasteiger partial charge in [0.1, 0.15) is 33.0 Å². The summed E-state index contributed by atoms with van der Waals surface area (Å²) in [6, 6.07) is 21.5. The summed E-state index contributed by atoms with van der Waals surface area (Å²) >= 11 is 5.64. The monoisotopic (exact) mass is 636 g/mol. The van der Waals surface area contributed by atoms with Crippen LogP contribution >= 0.6 is 46.2 Å². The van der Waals surface area contributed by atoms with Gasteiger partial charge in [0.2, 0.25) is 11.8 Å². The number of benzene rings is 3. The second kappa shape index (κ2) is 14.3. The fourth-order valence-corrected chi connectivity index (χ4v) is 6.61. The Morgan fingerprint density at radius 3 is 1.24 bits per heavy atom. The molecule has 2 amide bonds. The van der Waals surface area contributed by atoms with Crippen molar-refractivity contribution < 1.29 is 19.1 Å². The summed E-state index contributed by atoms with van der Waals surface area (Å²) in [6.07, 6.45) is 0. The maximum Gasteiger partial charge on any atom is 0.234 e. The van der Waals surface area contributed by atoms with Gasteiger partial charge >= 0.3 is 0 Å². The Bertz CT molecular complexity index is 1520. The van der Waals surface area contributed by atoms with Gasteiger partial charge in [-0.3, -0.25) is 9.59 Å². The summed E-state index contributed by atoms with van der Waals surface area (Å²) in [5.41, 5.74) is 1.36. The Kier molecular flexibility index (Phi) is 10.0. The first-order valence-corrected chi connectivity index (χ1v) is 16.1. The molecule has 0 fully saturated rings. The van der Waals surface area contributed by atoms with E-state index >= 15 is 0 Å². The summed E-state index contributed by atoms with van der Waals surface area (Å²) in [7, 11) is 0. The third-order valence-electron chi connectivity index (χ3n) is 5.24. The van der Waals surface area contributed by atoms with Gasteiger partial charge in [-0.1, -0.05) is 46.2 Å². The lowest BCUT2D eigenvalue weighted by atomic mass is 10.3. The van der Waals surface area contributed by atoms with E-state index in [1.807, 2.05) is 38.1 Å². The summed E-state index contributed by atoms with van der Waals surface area (Å²) in [6.45, 7) is 3.76. The number of rotatable bonds is 12. The van der Waals surface area contributed by atoms with E-state index in [-0.39, 0.29) is 23.3 Å². The predicted molar refractivity (Wildman–Crippen MR) is 167 cm³/mol. The van der Waals surface area contributed by atoms with Crippen molar-refractivity contribution in [1.29, 1.82) is 0 Å². The van der Waals surface area contributed by atoms with E-state index in [1.165, 1.54) is 46.2 Å². The smallest absolute Gasteiger partial charge is 0.234 e. The van der Waals surface area contributed by atoms with Crippen molar-refractivity contribution in [3.8, 4) is 23.0 Å². The van der Waals surface area contributed by atoms with E-state index in [4.69, 9.17) is 9.47 Å². The molecule has 0 unspecified atom stereocenters. The second-order valence-corrected chi connectivity index (χ2v) is 13.4. The first-order chi connectivity index (χ1) is 20.4. The van der Waals surface area contributed by atoms with Crippen LogP contribution in [-0.2, 0) is 9.59 Å². The predicted octanol–water partition coefficient (Wildman–Crippen LogP) is 7.05. The molecule has 10 nitrogen and oxygen atoms in total. The van der Waals surface area contributed by atoms with Crippen LogP contribution in [0.1, 0.15) is 10.0 Å². The van der Waals surface area contributed by atoms with E-state index < -0.39 is 0 Å². The molecule has 5 rings (SSSR count). The molecule has 14 heteroatoms. The molecule has 0 aliphatic carbocycles. The minimum absolute atomic E-state index is 0.119. The molecule has 0 spiro atoms. The maximum absolute atomic E-state index is 12.2. The number of ether oxygens (including phenoxy) is 2. The molecule has 2 N–H and O–H groups in total. The number of hydrogen-bond donors (Lipinski definition) is 2. The highest BCUT2D eigenvalue weighted by Gasteiger charge is 2.09. The Hall–Kier alpha value is -3.98. The van der Waals surface area contributed by atoms with Crippen LogP contribution in [0, 0.1) is 13.8 Å². The summed E-state index contributed by atoms with van der Waals surface area (Å²) in [5, 5.41) is 23.4. The second-order valence-electron chi connectivity index (χ2n) is 8.57. The molecule has 0 saturated heterocycles. The topological polar surface area (TPSA) is 128 Å². The number of anilines is 2. The number of aryl methyl sites for hydroxylation is 2. The van der Waals surface area contributed by atoms with Gasteiger partial charge in [-0.15, -0.1) is 20.4 Å². The lowest BCUT2D eigenvalue weighted by Gasteiger charge is -2.10. The first-order valence-electron chi connectivity index (χ1n) is 12.5. The van der Waals surface area contributed by atoms with E-state index in [1.54, 1.807) is 48.5 Å². The SMILES string of the molecule is Cc1nnc(SCC(=O)Nc2ccc(Oc3ccc(Oc4ccc(NC(=O)CSc5nnc(C)s5)cc4)cc3)cc2)s1. The Balaban J connectivity index is 1.05. The number of nitrogens with zero attached hydrogens (tertiary/aromatic N) is 4. The molecule has 2 aromatic heterocycles. The lowest BCUT2D eigenvalue weighted by molar-refractivity contribution is -0.114. The molecular weight excluding hydrogens is 613 g/mol. The van der Waals surface area contributed by atoms with Gasteiger partial charge in [-0.05, 0) is 86.6 Å². The average molecular weight is 637 g/mol. The minimum atomic E-state index is -0.119. The molecule has 0 bridgehead atoms. The van der Waals surface area contributed by atoms with E-state index in [9.17, 15) is 9.59 Å². The highest BCUT2D eigenvalue weighted by atomic mass is 32.2. The first kappa shape index (κ1) is 29.5. The van der Waals surface area contributed by atoms with Gasteiger partial charge in [0.05, 0.1) is 11.5 Å². The fourth-order valence-electron chi connectivity index (χ4n) is 3.38. The summed E-state index contributed by atoms with van der Waals surface area (Å²) in [4.78, 5) is 24.4. The number of aromatic nitrogens is 4. The van der Waals surface area contributed by atoms with Crippen LogP contribution in [0.2, 0.25) is 0 Å². The van der Waals surface area contributed by atoms with Crippen LogP contribution in [0.15, 0.2) is 81.5 Å². The van der Waals surface area contributed by atoms with Gasteiger partial charge in [-0.2, -0.15) is 0 Å². The standard InChI is InChI=1S/C28H24N6O4S4/c1-17-31-33-27(41-17)39-15-25(35)29-19-3-7-21(8-4-19)37-23-11-13-24(14-12-23)38-22-9-5-20(6-10-22)30-26(36)16-40-28-34-32-18(2)42-28/h3-14H,15-16H2,1-2H3,(H,29,35)(H,30,36). The molecule has 0 atom stereocenters. The van der Waals surface area contributed by atoms with Gasteiger partial charge in [0.15, 0.2) is 8.68 Å². The van der Waals surface area contributed by atoms with Crippen molar-refractivity contribution in [1.82, 2.24) is 20.4 Å². The lowest BCUT2D eigenvalue weighted by Crippen LogP contribution is -2.13. The quantitative estimate of drug-likeness (QED) is 0.137. The molecule has 0 saturated carbocycles. The molecule has 214 valence electrons. The molecule has 5 aromatic rings. The number of hydrogen-bond acceptors (Lipinski definition) is 12. The molecule has 0 radical (unpaired) electrons. The van der Waals surface area contributed by atoms with E-state index in [0.29, 0.717) is 34.4 Å².